The molecular weight excluding hydrogens is 492 g/mol. The van der Waals surface area contributed by atoms with Gasteiger partial charge in [0.05, 0.1) is 17.1 Å². The number of nitrogens with zero attached hydrogens (tertiary/aromatic N) is 3. The Kier molecular flexibility index (Phi) is 9.18. The average Bonchev–Trinajstić information content (AvgIpc) is 3.10. The molecule has 2 amide bonds. The third kappa shape index (κ3) is 5.66. The molecule has 2 aromatic rings. The maximum absolute atomic E-state index is 15.3. The Hall–Kier alpha value is -1.74. The van der Waals surface area contributed by atoms with Crippen molar-refractivity contribution in [1.82, 2.24) is 25.3 Å². The Morgan fingerprint density at radius 3 is 2.54 bits per heavy atom. The lowest BCUT2D eigenvalue weighted by Gasteiger charge is -2.38. The molecule has 4 heterocycles. The molecule has 3 aliphatic rings. The summed E-state index contributed by atoms with van der Waals surface area (Å²) in [7, 11) is 1.84. The number of likely N-dealkylation sites (tertiary alicyclic amines) is 1. The Morgan fingerprint density at radius 1 is 1.11 bits per heavy atom. The number of hydrogen-bond acceptors (Lipinski definition) is 5. The molecule has 1 aromatic heterocycles. The Balaban J connectivity index is 0.00000171. The molecule has 3 saturated heterocycles. The quantitative estimate of drug-likeness (QED) is 0.594. The van der Waals surface area contributed by atoms with E-state index in [0.717, 1.165) is 62.6 Å². The predicted molar refractivity (Wildman–Crippen MR) is 139 cm³/mol. The van der Waals surface area contributed by atoms with Gasteiger partial charge in [-0.1, -0.05) is 6.92 Å². The first-order chi connectivity index (χ1) is 15.9. The van der Waals surface area contributed by atoms with E-state index >= 15 is 4.39 Å². The summed E-state index contributed by atoms with van der Waals surface area (Å²) in [5.74, 6) is 0.324. The molecule has 7 nitrogen and oxygen atoms in total. The van der Waals surface area contributed by atoms with Gasteiger partial charge in [0.2, 0.25) is 11.8 Å². The number of carbonyl (C=O) groups excluding carboxylic acids is 2. The van der Waals surface area contributed by atoms with Gasteiger partial charge in [0.1, 0.15) is 5.82 Å². The number of carbonyl (C=O) groups is 2. The van der Waals surface area contributed by atoms with Gasteiger partial charge >= 0.3 is 0 Å². The van der Waals surface area contributed by atoms with Gasteiger partial charge < -0.3 is 10.2 Å². The second-order valence-electron chi connectivity index (χ2n) is 10.2. The Labute approximate surface area is 218 Å². The fourth-order valence-electron chi connectivity index (χ4n) is 5.94. The molecule has 0 bridgehead atoms. The summed E-state index contributed by atoms with van der Waals surface area (Å²) >= 11 is 0. The number of hydrogen-bond donors (Lipinski definition) is 2. The van der Waals surface area contributed by atoms with Gasteiger partial charge in [0, 0.05) is 25.4 Å². The lowest BCUT2D eigenvalue weighted by molar-refractivity contribution is -0.134. The van der Waals surface area contributed by atoms with Crippen LogP contribution in [-0.4, -0.2) is 59.2 Å². The van der Waals surface area contributed by atoms with Gasteiger partial charge in [0.15, 0.2) is 0 Å². The van der Waals surface area contributed by atoms with E-state index in [4.69, 9.17) is 0 Å². The summed E-state index contributed by atoms with van der Waals surface area (Å²) in [6, 6.07) is 3.49. The van der Waals surface area contributed by atoms with Crippen LogP contribution >= 0.6 is 24.8 Å². The zero-order valence-corrected chi connectivity index (χ0v) is 22.0. The summed E-state index contributed by atoms with van der Waals surface area (Å²) in [5.41, 5.74) is 2.17. The molecule has 0 aliphatic carbocycles. The standard InChI is InChI=1S/C25H34FN5O2.2ClH/c1-15-13-27-8-5-17(15)14-31-9-6-16(7-10-31)19-12-22-20(11-21(19)26)24(29-30(22)2)18-3-4-23(32)28-25(18)33;;/h11-12,15-18,27H,3-10,13-14H2,1-2H3,(H,28,32,33);2*1H/t15-,17-,18?;;/m1../s1. The molecule has 0 radical (unpaired) electrons. The third-order valence-electron chi connectivity index (χ3n) is 8.05. The summed E-state index contributed by atoms with van der Waals surface area (Å²) in [4.78, 5) is 26.4. The Morgan fingerprint density at radius 2 is 1.86 bits per heavy atom. The van der Waals surface area contributed by atoms with Crippen LogP contribution < -0.4 is 10.6 Å². The van der Waals surface area contributed by atoms with Gasteiger partial charge in [-0.25, -0.2) is 4.39 Å². The van der Waals surface area contributed by atoms with E-state index in [0.29, 0.717) is 23.4 Å². The van der Waals surface area contributed by atoms with Crippen LogP contribution in [0, 0.1) is 17.7 Å². The van der Waals surface area contributed by atoms with Crippen molar-refractivity contribution < 1.29 is 14.0 Å². The molecule has 1 unspecified atom stereocenters. The van der Waals surface area contributed by atoms with E-state index < -0.39 is 5.92 Å². The minimum atomic E-state index is -0.516. The maximum atomic E-state index is 15.3. The predicted octanol–water partition coefficient (Wildman–Crippen LogP) is 3.50. The first-order valence-corrected chi connectivity index (χ1v) is 12.3. The van der Waals surface area contributed by atoms with Gasteiger partial charge in [-0.3, -0.25) is 19.6 Å². The van der Waals surface area contributed by atoms with Gasteiger partial charge in [-0.2, -0.15) is 5.10 Å². The maximum Gasteiger partial charge on any atom is 0.235 e. The zero-order valence-electron chi connectivity index (χ0n) is 20.4. The number of imide groups is 1. The van der Waals surface area contributed by atoms with Crippen LogP contribution in [0.3, 0.4) is 0 Å². The number of nitrogens with one attached hydrogen (secondary N) is 2. The van der Waals surface area contributed by atoms with Crippen LogP contribution in [0.2, 0.25) is 0 Å². The van der Waals surface area contributed by atoms with Crippen LogP contribution in [0.5, 0.6) is 0 Å². The summed E-state index contributed by atoms with van der Waals surface area (Å²) in [5, 5.41) is 11.1. The number of benzene rings is 1. The SMILES string of the molecule is C[C@@H]1CNCC[C@@H]1CN1CCC(c2cc3c(cc2F)c(C2CCC(=O)NC2=O)nn3C)CC1.Cl.Cl. The number of fused-ring (bicyclic) bond motifs is 1. The fraction of sp³-hybridized carbons (Fsp3) is 0.640. The highest BCUT2D eigenvalue weighted by Crippen LogP contribution is 2.36. The van der Waals surface area contributed by atoms with Crippen molar-refractivity contribution in [2.45, 2.75) is 50.9 Å². The normalized spacial score (nSPS) is 26.2. The average molecular weight is 529 g/mol. The first-order valence-electron chi connectivity index (χ1n) is 12.3. The molecule has 2 N–H and O–H groups in total. The van der Waals surface area contributed by atoms with E-state index in [1.54, 1.807) is 10.7 Å². The molecular formula is C25H36Cl2FN5O2. The molecule has 35 heavy (non-hydrogen) atoms. The molecule has 3 fully saturated rings. The molecule has 1 aromatic carbocycles. The number of aryl methyl sites for hydroxylation is 1. The summed E-state index contributed by atoms with van der Waals surface area (Å²) in [6.45, 7) is 7.72. The largest absolute Gasteiger partial charge is 0.316 e. The van der Waals surface area contributed by atoms with Crippen molar-refractivity contribution in [3.63, 3.8) is 0 Å². The van der Waals surface area contributed by atoms with Gasteiger partial charge in [-0.05, 0) is 87.3 Å². The van der Waals surface area contributed by atoms with Crippen molar-refractivity contribution in [3.8, 4) is 0 Å². The highest BCUT2D eigenvalue weighted by Gasteiger charge is 2.33. The van der Waals surface area contributed by atoms with Crippen molar-refractivity contribution in [2.75, 3.05) is 32.7 Å². The molecule has 3 atom stereocenters. The fourth-order valence-corrected chi connectivity index (χ4v) is 5.94. The molecule has 0 spiro atoms. The minimum Gasteiger partial charge on any atom is -0.316 e. The molecule has 10 heteroatoms. The molecule has 0 saturated carbocycles. The molecule has 5 rings (SSSR count). The van der Waals surface area contributed by atoms with Crippen molar-refractivity contribution in [1.29, 1.82) is 0 Å². The second-order valence-corrected chi connectivity index (χ2v) is 10.2. The lowest BCUT2D eigenvalue weighted by Crippen LogP contribution is -2.43. The topological polar surface area (TPSA) is 79.3 Å². The summed E-state index contributed by atoms with van der Waals surface area (Å²) in [6.07, 6.45) is 3.85. The highest BCUT2D eigenvalue weighted by atomic mass is 35.5. The smallest absolute Gasteiger partial charge is 0.235 e. The lowest BCUT2D eigenvalue weighted by atomic mass is 9.85. The number of amides is 2. The zero-order chi connectivity index (χ0) is 23.1. The van der Waals surface area contributed by atoms with Crippen LogP contribution in [0.25, 0.3) is 10.9 Å². The number of aromatic nitrogens is 2. The van der Waals surface area contributed by atoms with Crippen molar-refractivity contribution >= 4 is 47.5 Å². The third-order valence-corrected chi connectivity index (χ3v) is 8.05. The number of piperidine rings is 3. The highest BCUT2D eigenvalue weighted by molar-refractivity contribution is 6.02. The second kappa shape index (κ2) is 11.5. The van der Waals surface area contributed by atoms with Gasteiger partial charge in [-0.15, -0.1) is 24.8 Å². The van der Waals surface area contributed by atoms with Gasteiger partial charge in [0.25, 0.3) is 0 Å². The van der Waals surface area contributed by atoms with Crippen molar-refractivity contribution in [2.24, 2.45) is 18.9 Å². The molecule has 194 valence electrons. The van der Waals surface area contributed by atoms with Crippen LogP contribution in [0.1, 0.15) is 62.1 Å². The van der Waals surface area contributed by atoms with E-state index in [-0.39, 0.29) is 54.8 Å². The van der Waals surface area contributed by atoms with Crippen LogP contribution in [0.4, 0.5) is 4.39 Å². The number of rotatable bonds is 4. The van der Waals surface area contributed by atoms with Crippen LogP contribution in [-0.2, 0) is 16.6 Å². The van der Waals surface area contributed by atoms with E-state index in [1.165, 1.54) is 6.42 Å². The van der Waals surface area contributed by atoms with E-state index in [1.807, 2.05) is 13.1 Å². The van der Waals surface area contributed by atoms with E-state index in [2.05, 4.69) is 27.6 Å². The Bertz CT molecular complexity index is 1070. The van der Waals surface area contributed by atoms with Crippen molar-refractivity contribution in [3.05, 3.63) is 29.2 Å². The first kappa shape index (κ1) is 27.8. The summed E-state index contributed by atoms with van der Waals surface area (Å²) < 4.78 is 17.1. The van der Waals surface area contributed by atoms with E-state index in [9.17, 15) is 9.59 Å². The monoisotopic (exact) mass is 527 g/mol. The molecule has 3 aliphatic heterocycles. The minimum absolute atomic E-state index is 0. The number of halogens is 3. The van der Waals surface area contributed by atoms with Crippen LogP contribution in [0.15, 0.2) is 12.1 Å².